The van der Waals surface area contributed by atoms with Crippen LogP contribution >= 0.6 is 11.8 Å². The van der Waals surface area contributed by atoms with Gasteiger partial charge in [-0.05, 0) is 39.2 Å². The third-order valence-corrected chi connectivity index (χ3v) is 5.26. The van der Waals surface area contributed by atoms with Crippen LogP contribution in [0.25, 0.3) is 0 Å². The van der Waals surface area contributed by atoms with Crippen molar-refractivity contribution in [3.05, 3.63) is 41.7 Å². The van der Waals surface area contributed by atoms with Crippen LogP contribution < -0.4 is 10.6 Å². The van der Waals surface area contributed by atoms with Gasteiger partial charge < -0.3 is 9.88 Å². The molecule has 3 amide bonds. The highest BCUT2D eigenvalue weighted by molar-refractivity contribution is 8.00. The number of hydrogen-bond acceptors (Lipinski definition) is 5. The van der Waals surface area contributed by atoms with Gasteiger partial charge in [0.2, 0.25) is 5.91 Å². The SMILES string of the molecule is CC(C)NC(=O)NC(=O)[C@H](C)Sc1nnc(C2CC2)n1Cc1ccccc1. The number of thioether (sulfide) groups is 1. The van der Waals surface area contributed by atoms with E-state index < -0.39 is 11.3 Å². The first-order valence-electron chi connectivity index (χ1n) is 9.19. The molecule has 7 nitrogen and oxygen atoms in total. The Labute approximate surface area is 163 Å². The Morgan fingerprint density at radius 1 is 1.19 bits per heavy atom. The van der Waals surface area contributed by atoms with Crippen molar-refractivity contribution in [2.24, 2.45) is 0 Å². The van der Waals surface area contributed by atoms with Crippen LogP contribution in [0.1, 0.15) is 50.9 Å². The molecule has 3 rings (SSSR count). The highest BCUT2D eigenvalue weighted by Crippen LogP contribution is 2.40. The number of nitrogens with zero attached hydrogens (tertiary/aromatic N) is 3. The summed E-state index contributed by atoms with van der Waals surface area (Å²) >= 11 is 1.32. The van der Waals surface area contributed by atoms with Crippen LogP contribution in [-0.2, 0) is 11.3 Å². The molecule has 0 radical (unpaired) electrons. The molecule has 0 spiro atoms. The van der Waals surface area contributed by atoms with Crippen molar-refractivity contribution >= 4 is 23.7 Å². The molecule has 1 aromatic heterocycles. The second kappa shape index (κ2) is 8.56. The molecule has 1 saturated carbocycles. The van der Waals surface area contributed by atoms with Gasteiger partial charge in [0.25, 0.3) is 0 Å². The zero-order valence-corrected chi connectivity index (χ0v) is 16.6. The van der Waals surface area contributed by atoms with Crippen LogP contribution in [0.3, 0.4) is 0 Å². The number of hydrogen-bond donors (Lipinski definition) is 2. The minimum Gasteiger partial charge on any atom is -0.336 e. The molecular weight excluding hydrogens is 362 g/mol. The van der Waals surface area contributed by atoms with Crippen molar-refractivity contribution in [1.82, 2.24) is 25.4 Å². The quantitative estimate of drug-likeness (QED) is 0.713. The summed E-state index contributed by atoms with van der Waals surface area (Å²) < 4.78 is 2.09. The Hall–Kier alpha value is -2.35. The summed E-state index contributed by atoms with van der Waals surface area (Å²) in [5.41, 5.74) is 1.16. The van der Waals surface area contributed by atoms with Gasteiger partial charge in [-0.1, -0.05) is 42.1 Å². The van der Waals surface area contributed by atoms with Gasteiger partial charge in [0, 0.05) is 12.0 Å². The van der Waals surface area contributed by atoms with Crippen LogP contribution in [-0.4, -0.2) is 38.0 Å². The average Bonchev–Trinajstić information content (AvgIpc) is 3.39. The summed E-state index contributed by atoms with van der Waals surface area (Å²) in [6.07, 6.45) is 2.26. The fourth-order valence-electron chi connectivity index (χ4n) is 2.67. The van der Waals surface area contributed by atoms with Gasteiger partial charge in [-0.15, -0.1) is 10.2 Å². The zero-order valence-electron chi connectivity index (χ0n) is 15.8. The average molecular weight is 388 g/mol. The number of carbonyl (C=O) groups excluding carboxylic acids is 2. The second-order valence-corrected chi connectivity index (χ2v) is 8.37. The predicted octanol–water partition coefficient (Wildman–Crippen LogP) is 2.92. The van der Waals surface area contributed by atoms with E-state index in [1.165, 1.54) is 11.8 Å². The summed E-state index contributed by atoms with van der Waals surface area (Å²) in [5.74, 6) is 1.09. The number of carbonyl (C=O) groups is 2. The van der Waals surface area contributed by atoms with Gasteiger partial charge in [-0.2, -0.15) is 0 Å². The van der Waals surface area contributed by atoms with Crippen molar-refractivity contribution in [2.75, 3.05) is 0 Å². The molecule has 2 aromatic rings. The van der Waals surface area contributed by atoms with Crippen molar-refractivity contribution < 1.29 is 9.59 Å². The monoisotopic (exact) mass is 387 g/mol. The summed E-state index contributed by atoms with van der Waals surface area (Å²) in [5, 5.41) is 13.9. The van der Waals surface area contributed by atoms with Gasteiger partial charge in [0.15, 0.2) is 5.16 Å². The molecule has 2 N–H and O–H groups in total. The van der Waals surface area contributed by atoms with Gasteiger partial charge in [-0.3, -0.25) is 10.1 Å². The molecule has 1 aliphatic carbocycles. The fourth-order valence-corrected chi connectivity index (χ4v) is 3.52. The number of amides is 3. The molecule has 0 bridgehead atoms. The molecule has 1 aliphatic rings. The second-order valence-electron chi connectivity index (χ2n) is 7.06. The van der Waals surface area contributed by atoms with Crippen molar-refractivity contribution in [3.8, 4) is 0 Å². The molecule has 8 heteroatoms. The predicted molar refractivity (Wildman–Crippen MR) is 105 cm³/mol. The van der Waals surface area contributed by atoms with E-state index in [1.807, 2.05) is 32.0 Å². The molecular formula is C19H25N5O2S. The van der Waals surface area contributed by atoms with Crippen LogP contribution in [0.4, 0.5) is 4.79 Å². The van der Waals surface area contributed by atoms with Crippen molar-refractivity contribution in [1.29, 1.82) is 0 Å². The van der Waals surface area contributed by atoms with E-state index in [2.05, 4.69) is 37.5 Å². The maximum atomic E-state index is 12.3. The number of imide groups is 1. The lowest BCUT2D eigenvalue weighted by Gasteiger charge is -2.14. The van der Waals surface area contributed by atoms with Crippen LogP contribution in [0.5, 0.6) is 0 Å². The summed E-state index contributed by atoms with van der Waals surface area (Å²) in [4.78, 5) is 24.1. The highest BCUT2D eigenvalue weighted by Gasteiger charge is 2.31. The minimum atomic E-state index is -0.480. The Morgan fingerprint density at radius 3 is 2.52 bits per heavy atom. The number of aromatic nitrogens is 3. The molecule has 0 saturated heterocycles. The van der Waals surface area contributed by atoms with Crippen molar-refractivity contribution in [3.63, 3.8) is 0 Å². The lowest BCUT2D eigenvalue weighted by molar-refractivity contribution is -0.119. The minimum absolute atomic E-state index is 0.0316. The summed E-state index contributed by atoms with van der Waals surface area (Å²) in [6.45, 7) is 6.12. The van der Waals surface area contributed by atoms with Gasteiger partial charge in [0.05, 0.1) is 11.8 Å². The lowest BCUT2D eigenvalue weighted by Crippen LogP contribution is -2.45. The Morgan fingerprint density at radius 2 is 1.89 bits per heavy atom. The molecule has 1 atom stereocenters. The number of nitrogens with one attached hydrogen (secondary N) is 2. The molecule has 0 aliphatic heterocycles. The van der Waals surface area contributed by atoms with E-state index in [0.29, 0.717) is 17.6 Å². The first-order chi connectivity index (χ1) is 12.9. The first kappa shape index (κ1) is 19.4. The lowest BCUT2D eigenvalue weighted by atomic mass is 10.2. The van der Waals surface area contributed by atoms with E-state index in [-0.39, 0.29) is 11.9 Å². The van der Waals surface area contributed by atoms with E-state index in [1.54, 1.807) is 6.92 Å². The normalized spacial score (nSPS) is 14.8. The Balaban J connectivity index is 1.70. The van der Waals surface area contributed by atoms with Gasteiger partial charge in [0.1, 0.15) is 5.82 Å². The van der Waals surface area contributed by atoms with Crippen LogP contribution in [0, 0.1) is 0 Å². The maximum Gasteiger partial charge on any atom is 0.321 e. The van der Waals surface area contributed by atoms with Gasteiger partial charge in [-0.25, -0.2) is 4.79 Å². The van der Waals surface area contributed by atoms with E-state index >= 15 is 0 Å². The highest BCUT2D eigenvalue weighted by atomic mass is 32.2. The maximum absolute atomic E-state index is 12.3. The molecule has 0 unspecified atom stereocenters. The fraction of sp³-hybridized carbons (Fsp3) is 0.474. The summed E-state index contributed by atoms with van der Waals surface area (Å²) in [7, 11) is 0. The van der Waals surface area contributed by atoms with Crippen molar-refractivity contribution in [2.45, 2.75) is 62.5 Å². The number of benzene rings is 1. The van der Waals surface area contributed by atoms with Gasteiger partial charge >= 0.3 is 6.03 Å². The summed E-state index contributed by atoms with van der Waals surface area (Å²) in [6, 6.07) is 9.62. The molecule has 27 heavy (non-hydrogen) atoms. The first-order valence-corrected chi connectivity index (χ1v) is 10.1. The van der Waals surface area contributed by atoms with Crippen LogP contribution in [0.2, 0.25) is 0 Å². The molecule has 144 valence electrons. The largest absolute Gasteiger partial charge is 0.336 e. The van der Waals surface area contributed by atoms with E-state index in [9.17, 15) is 9.59 Å². The zero-order chi connectivity index (χ0) is 19.4. The molecule has 1 heterocycles. The number of rotatable bonds is 7. The third kappa shape index (κ3) is 5.32. The molecule has 1 aromatic carbocycles. The van der Waals surface area contributed by atoms with Crippen LogP contribution in [0.15, 0.2) is 35.5 Å². The smallest absolute Gasteiger partial charge is 0.321 e. The van der Waals surface area contributed by atoms with E-state index in [4.69, 9.17) is 0 Å². The Kier molecular flexibility index (Phi) is 6.15. The topological polar surface area (TPSA) is 88.9 Å². The standard InChI is InChI=1S/C19H25N5O2S/c1-12(2)20-18(26)21-17(25)13(3)27-19-23-22-16(15-9-10-15)24(19)11-14-7-5-4-6-8-14/h4-8,12-13,15H,9-11H2,1-3H3,(H2,20,21,25,26)/t13-/m0/s1. The number of urea groups is 1. The van der Waals surface area contributed by atoms with E-state index in [0.717, 1.165) is 24.2 Å². The molecule has 1 fully saturated rings. The Bertz CT molecular complexity index is 802. The third-order valence-electron chi connectivity index (χ3n) is 4.18.